The fraction of sp³-hybridized carbons (Fsp3) is 0.409. The van der Waals surface area contributed by atoms with Crippen molar-refractivity contribution in [3.63, 3.8) is 0 Å². The van der Waals surface area contributed by atoms with Crippen LogP contribution in [0.25, 0.3) is 0 Å². The highest BCUT2D eigenvalue weighted by atomic mass is 35.5. The molecule has 1 fully saturated rings. The van der Waals surface area contributed by atoms with Crippen LogP contribution in [0.1, 0.15) is 50.3 Å². The van der Waals surface area contributed by atoms with Crippen molar-refractivity contribution in [3.05, 3.63) is 52.3 Å². The average Bonchev–Trinajstić information content (AvgIpc) is 3.41. The van der Waals surface area contributed by atoms with Crippen molar-refractivity contribution in [1.82, 2.24) is 5.32 Å². The standard InChI is InChI=1S/C22H19ClF3NO4/c1-20(2)10-14(12-4-5-13(24)17(23)18(12)31-20)27-19(28)21(7-8-21)11-3-6-15-16(9-11)30-22(25,26)29-15/h3-6,9,14H,7-8,10H2,1-2H3,(H,27,28)/t14-/m1/s1. The monoisotopic (exact) mass is 453 g/mol. The first-order valence-corrected chi connectivity index (χ1v) is 10.3. The minimum atomic E-state index is -3.72. The topological polar surface area (TPSA) is 56.8 Å². The lowest BCUT2D eigenvalue weighted by molar-refractivity contribution is -0.286. The molecule has 31 heavy (non-hydrogen) atoms. The molecule has 0 bridgehead atoms. The lowest BCUT2D eigenvalue weighted by atomic mass is 9.88. The second-order valence-electron chi connectivity index (χ2n) is 8.78. The van der Waals surface area contributed by atoms with Gasteiger partial charge in [0.05, 0.1) is 11.5 Å². The Labute approximate surface area is 181 Å². The zero-order chi connectivity index (χ0) is 22.2. The number of halogens is 4. The number of alkyl halides is 2. The van der Waals surface area contributed by atoms with Crippen LogP contribution in [0.3, 0.4) is 0 Å². The van der Waals surface area contributed by atoms with E-state index in [9.17, 15) is 18.0 Å². The summed E-state index contributed by atoms with van der Waals surface area (Å²) in [5.41, 5.74) is -0.347. The van der Waals surface area contributed by atoms with E-state index in [1.807, 2.05) is 13.8 Å². The quantitative estimate of drug-likeness (QED) is 0.689. The SMILES string of the molecule is CC1(C)C[C@@H](NC(=O)C2(c3ccc4c(c3)OC(F)(F)O4)CC2)c2ccc(F)c(Cl)c2O1. The minimum Gasteiger partial charge on any atom is -0.486 e. The van der Waals surface area contributed by atoms with Gasteiger partial charge in [-0.25, -0.2) is 4.39 Å². The van der Waals surface area contributed by atoms with Crippen molar-refractivity contribution in [2.75, 3.05) is 0 Å². The van der Waals surface area contributed by atoms with Crippen molar-refractivity contribution >= 4 is 17.5 Å². The second kappa shape index (κ2) is 6.45. The Morgan fingerprint density at radius 1 is 1.10 bits per heavy atom. The Hall–Kier alpha value is -2.61. The molecule has 0 aromatic heterocycles. The molecule has 0 saturated heterocycles. The summed E-state index contributed by atoms with van der Waals surface area (Å²) in [7, 11) is 0. The first-order chi connectivity index (χ1) is 14.5. The van der Waals surface area contributed by atoms with Gasteiger partial charge in [-0.1, -0.05) is 23.7 Å². The van der Waals surface area contributed by atoms with Crippen LogP contribution in [0.4, 0.5) is 13.2 Å². The van der Waals surface area contributed by atoms with Gasteiger partial charge >= 0.3 is 6.29 Å². The number of carbonyl (C=O) groups excluding carboxylic acids is 1. The van der Waals surface area contributed by atoms with E-state index in [-0.39, 0.29) is 28.2 Å². The second-order valence-corrected chi connectivity index (χ2v) is 9.16. The molecule has 0 unspecified atom stereocenters. The largest absolute Gasteiger partial charge is 0.586 e. The molecule has 0 spiro atoms. The number of rotatable bonds is 3. The van der Waals surface area contributed by atoms with Crippen LogP contribution in [0.5, 0.6) is 17.2 Å². The van der Waals surface area contributed by atoms with E-state index in [2.05, 4.69) is 14.8 Å². The van der Waals surface area contributed by atoms with Gasteiger partial charge in [-0.05, 0) is 50.5 Å². The van der Waals surface area contributed by atoms with Crippen molar-refractivity contribution in [3.8, 4) is 17.2 Å². The molecule has 2 aromatic rings. The van der Waals surface area contributed by atoms with E-state index < -0.39 is 29.2 Å². The maximum atomic E-state index is 14.0. The Bertz CT molecular complexity index is 1100. The van der Waals surface area contributed by atoms with Gasteiger partial charge in [0.1, 0.15) is 22.2 Å². The van der Waals surface area contributed by atoms with Gasteiger partial charge in [-0.2, -0.15) is 0 Å². The smallest absolute Gasteiger partial charge is 0.486 e. The van der Waals surface area contributed by atoms with E-state index in [1.54, 1.807) is 12.1 Å². The highest BCUT2D eigenvalue weighted by Crippen LogP contribution is 2.53. The number of ether oxygens (including phenoxy) is 3. The van der Waals surface area contributed by atoms with Crippen LogP contribution in [0.15, 0.2) is 30.3 Å². The van der Waals surface area contributed by atoms with Crippen LogP contribution in [0.2, 0.25) is 5.02 Å². The lowest BCUT2D eigenvalue weighted by Gasteiger charge is -2.38. The van der Waals surface area contributed by atoms with E-state index in [0.717, 1.165) is 0 Å². The molecule has 3 aliphatic rings. The Balaban J connectivity index is 1.43. The van der Waals surface area contributed by atoms with Gasteiger partial charge in [0, 0.05) is 12.0 Å². The third-order valence-electron chi connectivity index (χ3n) is 5.97. The highest BCUT2D eigenvalue weighted by molar-refractivity contribution is 6.32. The summed E-state index contributed by atoms with van der Waals surface area (Å²) >= 11 is 6.12. The molecule has 1 aliphatic carbocycles. The van der Waals surface area contributed by atoms with Crippen molar-refractivity contribution < 1.29 is 32.2 Å². The molecule has 5 nitrogen and oxygen atoms in total. The van der Waals surface area contributed by atoms with E-state index >= 15 is 0 Å². The summed E-state index contributed by atoms with van der Waals surface area (Å²) < 4.78 is 55.5. The van der Waals surface area contributed by atoms with Crippen molar-refractivity contribution in [2.45, 2.75) is 56.5 Å². The predicted molar refractivity (Wildman–Crippen MR) is 105 cm³/mol. The Morgan fingerprint density at radius 2 is 1.81 bits per heavy atom. The lowest BCUT2D eigenvalue weighted by Crippen LogP contribution is -2.44. The molecule has 0 radical (unpaired) electrons. The fourth-order valence-electron chi connectivity index (χ4n) is 4.29. The molecule has 164 valence electrons. The summed E-state index contributed by atoms with van der Waals surface area (Å²) in [4.78, 5) is 13.3. The van der Waals surface area contributed by atoms with Gasteiger partial charge in [0.2, 0.25) is 5.91 Å². The van der Waals surface area contributed by atoms with E-state index in [0.29, 0.717) is 30.4 Å². The van der Waals surface area contributed by atoms with Gasteiger partial charge < -0.3 is 19.5 Å². The van der Waals surface area contributed by atoms with Crippen LogP contribution >= 0.6 is 11.6 Å². The summed E-state index contributed by atoms with van der Waals surface area (Å²) in [6.45, 7) is 3.67. The number of benzene rings is 2. The molecule has 1 N–H and O–H groups in total. The summed E-state index contributed by atoms with van der Waals surface area (Å²) in [5.74, 6) is -0.785. The molecule has 2 aliphatic heterocycles. The molecular formula is C22H19ClF3NO4. The Morgan fingerprint density at radius 3 is 2.52 bits per heavy atom. The van der Waals surface area contributed by atoms with Crippen LogP contribution in [-0.4, -0.2) is 17.8 Å². The average molecular weight is 454 g/mol. The zero-order valence-corrected chi connectivity index (χ0v) is 17.5. The van der Waals surface area contributed by atoms with Gasteiger partial charge in [-0.15, -0.1) is 8.78 Å². The van der Waals surface area contributed by atoms with Gasteiger partial charge in [0.15, 0.2) is 11.5 Å². The van der Waals surface area contributed by atoms with Crippen molar-refractivity contribution in [2.24, 2.45) is 0 Å². The molecule has 5 rings (SSSR count). The molecule has 2 heterocycles. The van der Waals surface area contributed by atoms with Crippen molar-refractivity contribution in [1.29, 1.82) is 0 Å². The first kappa shape index (κ1) is 20.3. The maximum absolute atomic E-state index is 14.0. The first-order valence-electron chi connectivity index (χ1n) is 9.88. The normalized spacial score (nSPS) is 23.5. The summed E-state index contributed by atoms with van der Waals surface area (Å²) in [6, 6.07) is 6.77. The summed E-state index contributed by atoms with van der Waals surface area (Å²) in [5, 5.41) is 2.92. The van der Waals surface area contributed by atoms with E-state index in [4.69, 9.17) is 16.3 Å². The molecular weight excluding hydrogens is 435 g/mol. The fourth-order valence-corrected chi connectivity index (χ4v) is 4.50. The van der Waals surface area contributed by atoms with Crippen LogP contribution in [-0.2, 0) is 10.2 Å². The maximum Gasteiger partial charge on any atom is 0.586 e. The van der Waals surface area contributed by atoms with Gasteiger partial charge in [-0.3, -0.25) is 4.79 Å². The molecule has 1 atom stereocenters. The minimum absolute atomic E-state index is 0.0678. The van der Waals surface area contributed by atoms with Gasteiger partial charge in [0.25, 0.3) is 0 Å². The van der Waals surface area contributed by atoms with E-state index in [1.165, 1.54) is 18.2 Å². The number of amides is 1. The van der Waals surface area contributed by atoms with Crippen LogP contribution in [0, 0.1) is 5.82 Å². The number of nitrogens with one attached hydrogen (secondary N) is 1. The third kappa shape index (κ3) is 3.37. The molecule has 9 heteroatoms. The zero-order valence-electron chi connectivity index (χ0n) is 16.7. The van der Waals surface area contributed by atoms with Crippen LogP contribution < -0.4 is 19.5 Å². The number of carbonyl (C=O) groups is 1. The molecule has 1 saturated carbocycles. The molecule has 1 amide bonds. The Kier molecular flexibility index (Phi) is 4.22. The number of hydrogen-bond donors (Lipinski definition) is 1. The number of fused-ring (bicyclic) bond motifs is 2. The predicted octanol–water partition coefficient (Wildman–Crippen LogP) is 5.25. The summed E-state index contributed by atoms with van der Waals surface area (Å²) in [6.07, 6.45) is -2.12. The third-order valence-corrected chi connectivity index (χ3v) is 6.33. The molecule has 2 aromatic carbocycles. The number of hydrogen-bond acceptors (Lipinski definition) is 4. The highest BCUT2D eigenvalue weighted by Gasteiger charge is 2.53.